The number of ether oxygens (including phenoxy) is 1. The Kier molecular flexibility index (Phi) is 3.59. The molecule has 15 heavy (non-hydrogen) atoms. The third kappa shape index (κ3) is 2.92. The van der Waals surface area contributed by atoms with E-state index in [1.165, 1.54) is 13.0 Å². The molecule has 0 spiro atoms. The van der Waals surface area contributed by atoms with E-state index in [0.29, 0.717) is 11.8 Å². The summed E-state index contributed by atoms with van der Waals surface area (Å²) in [6, 6.07) is 0. The fourth-order valence-corrected chi connectivity index (χ4v) is 2.52. The summed E-state index contributed by atoms with van der Waals surface area (Å²) in [6.07, 6.45) is 3.33. The number of hydrogen-bond acceptors (Lipinski definition) is 3. The summed E-state index contributed by atoms with van der Waals surface area (Å²) < 4.78 is 5.38. The van der Waals surface area contributed by atoms with Crippen LogP contribution in [0, 0.1) is 17.2 Å². The molecule has 4 heteroatoms. The van der Waals surface area contributed by atoms with Crippen molar-refractivity contribution in [3.05, 3.63) is 0 Å². The van der Waals surface area contributed by atoms with E-state index >= 15 is 0 Å². The molecule has 2 saturated heterocycles. The van der Waals surface area contributed by atoms with Gasteiger partial charge in [-0.1, -0.05) is 0 Å². The zero-order valence-electron chi connectivity index (χ0n) is 9.24. The van der Waals surface area contributed by atoms with Crippen molar-refractivity contribution in [1.82, 2.24) is 4.90 Å². The molecule has 86 valence electrons. The van der Waals surface area contributed by atoms with Crippen LogP contribution in [0.1, 0.15) is 19.3 Å². The molecular formula is C11H21N3O. The maximum Gasteiger partial charge on any atom is 0.0937 e. The van der Waals surface area contributed by atoms with Crippen LogP contribution in [0.3, 0.4) is 0 Å². The van der Waals surface area contributed by atoms with Gasteiger partial charge in [0.15, 0.2) is 0 Å². The second-order valence-electron chi connectivity index (χ2n) is 4.76. The van der Waals surface area contributed by atoms with E-state index in [-0.39, 0.29) is 0 Å². The Morgan fingerprint density at radius 2 is 2.07 bits per heavy atom. The zero-order valence-corrected chi connectivity index (χ0v) is 9.24. The summed E-state index contributed by atoms with van der Waals surface area (Å²) in [4.78, 5) is 2.50. The van der Waals surface area contributed by atoms with Gasteiger partial charge < -0.3 is 15.4 Å². The molecule has 2 heterocycles. The van der Waals surface area contributed by atoms with Gasteiger partial charge in [-0.2, -0.15) is 0 Å². The van der Waals surface area contributed by atoms with E-state index in [9.17, 15) is 0 Å². The van der Waals surface area contributed by atoms with Crippen LogP contribution in [0.25, 0.3) is 0 Å². The van der Waals surface area contributed by atoms with Gasteiger partial charge in [-0.05, 0) is 38.3 Å². The minimum Gasteiger partial charge on any atom is -0.387 e. The number of likely N-dealkylation sites (tertiary alicyclic amines) is 1. The minimum absolute atomic E-state index is 0.334. The fourth-order valence-electron chi connectivity index (χ4n) is 2.52. The molecule has 0 aromatic heterocycles. The van der Waals surface area contributed by atoms with E-state index in [1.807, 2.05) is 0 Å². The third-order valence-electron chi connectivity index (χ3n) is 3.57. The topological polar surface area (TPSA) is 62.3 Å². The molecule has 0 amide bonds. The Bertz CT molecular complexity index is 218. The Morgan fingerprint density at radius 1 is 1.33 bits per heavy atom. The first-order chi connectivity index (χ1) is 7.25. The second-order valence-corrected chi connectivity index (χ2v) is 4.76. The van der Waals surface area contributed by atoms with Gasteiger partial charge in [0.05, 0.1) is 12.4 Å². The van der Waals surface area contributed by atoms with Gasteiger partial charge in [-0.3, -0.25) is 5.41 Å². The number of amidine groups is 1. The number of nitrogens with two attached hydrogens (primary N) is 1. The van der Waals surface area contributed by atoms with E-state index in [4.69, 9.17) is 15.9 Å². The van der Waals surface area contributed by atoms with Crippen LogP contribution < -0.4 is 5.73 Å². The minimum atomic E-state index is 0.334. The highest BCUT2D eigenvalue weighted by molar-refractivity contribution is 5.79. The van der Waals surface area contributed by atoms with E-state index in [2.05, 4.69) is 4.90 Å². The summed E-state index contributed by atoms with van der Waals surface area (Å²) in [5.41, 5.74) is 5.52. The lowest BCUT2D eigenvalue weighted by molar-refractivity contribution is 0.151. The average Bonchev–Trinajstić information content (AvgIpc) is 2.71. The van der Waals surface area contributed by atoms with Crippen LogP contribution in [-0.2, 0) is 4.74 Å². The predicted molar refractivity (Wildman–Crippen MR) is 60.0 cm³/mol. The molecule has 0 saturated carbocycles. The molecule has 0 aromatic carbocycles. The average molecular weight is 211 g/mol. The quantitative estimate of drug-likeness (QED) is 0.533. The summed E-state index contributed by atoms with van der Waals surface area (Å²) in [5.74, 6) is 1.44. The number of nitrogens with zero attached hydrogens (tertiary/aromatic N) is 1. The van der Waals surface area contributed by atoms with Gasteiger partial charge in [0.25, 0.3) is 0 Å². The van der Waals surface area contributed by atoms with Gasteiger partial charge >= 0.3 is 0 Å². The van der Waals surface area contributed by atoms with Crippen LogP contribution in [0.4, 0.5) is 0 Å². The monoisotopic (exact) mass is 211 g/mol. The Labute approximate surface area is 91.3 Å². The number of hydrogen-bond donors (Lipinski definition) is 2. The molecule has 2 aliphatic rings. The van der Waals surface area contributed by atoms with Crippen molar-refractivity contribution < 1.29 is 4.74 Å². The van der Waals surface area contributed by atoms with Gasteiger partial charge in [0.1, 0.15) is 0 Å². The maximum absolute atomic E-state index is 7.42. The third-order valence-corrected chi connectivity index (χ3v) is 3.57. The number of rotatable bonds is 3. The standard InChI is InChI=1S/C11H21N3O/c12-11(13)10-1-4-14(5-2-10)7-9-3-6-15-8-9/h9-10H,1-8H2,(H3,12,13). The van der Waals surface area contributed by atoms with Crippen molar-refractivity contribution in [2.75, 3.05) is 32.8 Å². The zero-order chi connectivity index (χ0) is 10.7. The molecule has 4 nitrogen and oxygen atoms in total. The van der Waals surface area contributed by atoms with Crippen LogP contribution in [0.5, 0.6) is 0 Å². The van der Waals surface area contributed by atoms with Crippen molar-refractivity contribution in [3.63, 3.8) is 0 Å². The molecule has 3 N–H and O–H groups in total. The van der Waals surface area contributed by atoms with Gasteiger partial charge in [0.2, 0.25) is 0 Å². The first kappa shape index (κ1) is 10.9. The molecule has 2 fully saturated rings. The maximum atomic E-state index is 7.42. The summed E-state index contributed by atoms with van der Waals surface area (Å²) >= 11 is 0. The van der Waals surface area contributed by atoms with Crippen LogP contribution in [0.2, 0.25) is 0 Å². The lowest BCUT2D eigenvalue weighted by Crippen LogP contribution is -2.40. The molecule has 0 aromatic rings. The largest absolute Gasteiger partial charge is 0.387 e. The highest BCUT2D eigenvalue weighted by atomic mass is 16.5. The smallest absolute Gasteiger partial charge is 0.0937 e. The fraction of sp³-hybridized carbons (Fsp3) is 0.909. The molecule has 0 radical (unpaired) electrons. The van der Waals surface area contributed by atoms with E-state index < -0.39 is 0 Å². The van der Waals surface area contributed by atoms with Crippen molar-refractivity contribution in [2.24, 2.45) is 17.6 Å². The van der Waals surface area contributed by atoms with E-state index in [1.54, 1.807) is 0 Å². The molecule has 1 atom stereocenters. The van der Waals surface area contributed by atoms with Crippen molar-refractivity contribution in [2.45, 2.75) is 19.3 Å². The van der Waals surface area contributed by atoms with Crippen LogP contribution in [0.15, 0.2) is 0 Å². The Balaban J connectivity index is 1.71. The summed E-state index contributed by atoms with van der Waals surface area (Å²) in [7, 11) is 0. The first-order valence-electron chi connectivity index (χ1n) is 5.89. The van der Waals surface area contributed by atoms with Gasteiger partial charge in [0, 0.05) is 19.1 Å². The second kappa shape index (κ2) is 4.94. The molecule has 1 unspecified atom stereocenters. The lowest BCUT2D eigenvalue weighted by atomic mass is 9.95. The highest BCUT2D eigenvalue weighted by Crippen LogP contribution is 2.20. The lowest BCUT2D eigenvalue weighted by Gasteiger charge is -2.32. The Morgan fingerprint density at radius 3 is 2.60 bits per heavy atom. The molecule has 0 bridgehead atoms. The van der Waals surface area contributed by atoms with Crippen molar-refractivity contribution in [3.8, 4) is 0 Å². The highest BCUT2D eigenvalue weighted by Gasteiger charge is 2.24. The molecular weight excluding hydrogens is 190 g/mol. The summed E-state index contributed by atoms with van der Waals surface area (Å²) in [5, 5.41) is 7.42. The van der Waals surface area contributed by atoms with Gasteiger partial charge in [-0.15, -0.1) is 0 Å². The molecule has 2 rings (SSSR count). The van der Waals surface area contributed by atoms with Crippen molar-refractivity contribution in [1.29, 1.82) is 5.41 Å². The van der Waals surface area contributed by atoms with Crippen LogP contribution in [-0.4, -0.2) is 43.6 Å². The van der Waals surface area contributed by atoms with Gasteiger partial charge in [-0.25, -0.2) is 0 Å². The molecule has 0 aliphatic carbocycles. The van der Waals surface area contributed by atoms with E-state index in [0.717, 1.165) is 45.1 Å². The molecule has 2 aliphatic heterocycles. The summed E-state index contributed by atoms with van der Waals surface area (Å²) in [6.45, 7) is 5.24. The predicted octanol–water partition coefficient (Wildman–Crippen LogP) is 0.671. The Hall–Kier alpha value is -0.610. The number of piperidine rings is 1. The first-order valence-corrected chi connectivity index (χ1v) is 5.89. The van der Waals surface area contributed by atoms with Crippen molar-refractivity contribution >= 4 is 5.84 Å². The normalized spacial score (nSPS) is 29.5. The SMILES string of the molecule is N=C(N)C1CCN(CC2CCOC2)CC1. The number of nitrogens with one attached hydrogen (secondary N) is 1. The van der Waals surface area contributed by atoms with Crippen LogP contribution >= 0.6 is 0 Å².